The van der Waals surface area contributed by atoms with Crippen LogP contribution in [0.15, 0.2) is 18.2 Å². The van der Waals surface area contributed by atoms with Gasteiger partial charge >= 0.3 is 0 Å². The van der Waals surface area contributed by atoms with E-state index in [0.717, 1.165) is 6.42 Å². The number of hydrogen-bond donors (Lipinski definition) is 1. The molecule has 100 valence electrons. The molecule has 0 amide bonds. The van der Waals surface area contributed by atoms with E-state index >= 15 is 0 Å². The molecule has 1 saturated heterocycles. The Morgan fingerprint density at radius 3 is 2.33 bits per heavy atom. The minimum atomic E-state index is -0.0337. The average molecular weight is 248 g/mol. The van der Waals surface area contributed by atoms with Crippen LogP contribution < -0.4 is 0 Å². The Kier molecular flexibility index (Phi) is 3.52. The molecule has 1 aromatic carbocycles. The van der Waals surface area contributed by atoms with Gasteiger partial charge in [-0.25, -0.2) is 0 Å². The molecule has 0 aromatic heterocycles. The van der Waals surface area contributed by atoms with E-state index in [0.29, 0.717) is 13.2 Å². The molecule has 1 aromatic rings. The summed E-state index contributed by atoms with van der Waals surface area (Å²) in [6.07, 6.45) is 0.916. The van der Waals surface area contributed by atoms with Gasteiger partial charge < -0.3 is 9.84 Å². The number of aliphatic hydroxyl groups excluding tert-OH is 1. The Balaban J connectivity index is 2.20. The molecule has 0 bridgehead atoms. The van der Waals surface area contributed by atoms with Crippen LogP contribution in [-0.4, -0.2) is 24.9 Å². The Labute approximate surface area is 110 Å². The van der Waals surface area contributed by atoms with Crippen molar-refractivity contribution in [1.82, 2.24) is 0 Å². The molecule has 2 rings (SSSR count). The minimum absolute atomic E-state index is 0.0337. The fourth-order valence-electron chi connectivity index (χ4n) is 2.40. The highest BCUT2D eigenvalue weighted by Crippen LogP contribution is 2.33. The first-order valence-electron chi connectivity index (χ1n) is 6.65. The van der Waals surface area contributed by atoms with Gasteiger partial charge in [0.25, 0.3) is 0 Å². The molecule has 1 heterocycles. The highest BCUT2D eigenvalue weighted by Gasteiger charge is 2.38. The van der Waals surface area contributed by atoms with Gasteiger partial charge in [-0.05, 0) is 35.4 Å². The number of benzene rings is 1. The van der Waals surface area contributed by atoms with E-state index in [9.17, 15) is 5.11 Å². The summed E-state index contributed by atoms with van der Waals surface area (Å²) in [6.45, 7) is 10.4. The van der Waals surface area contributed by atoms with Crippen molar-refractivity contribution in [3.63, 3.8) is 0 Å². The molecule has 1 aliphatic heterocycles. The van der Waals surface area contributed by atoms with E-state index < -0.39 is 0 Å². The summed E-state index contributed by atoms with van der Waals surface area (Å²) >= 11 is 0. The Bertz CT molecular complexity index is 420. The molecule has 0 atom stereocenters. The molecule has 1 aliphatic rings. The van der Waals surface area contributed by atoms with Gasteiger partial charge in [0.05, 0.1) is 19.8 Å². The smallest absolute Gasteiger partial charge is 0.0570 e. The summed E-state index contributed by atoms with van der Waals surface area (Å²) in [4.78, 5) is 0. The summed E-state index contributed by atoms with van der Waals surface area (Å²) < 4.78 is 5.26. The van der Waals surface area contributed by atoms with Crippen molar-refractivity contribution in [2.45, 2.75) is 39.5 Å². The van der Waals surface area contributed by atoms with Gasteiger partial charge in [-0.2, -0.15) is 0 Å². The predicted octanol–water partition coefficient (Wildman–Crippen LogP) is 2.84. The molecule has 1 fully saturated rings. The van der Waals surface area contributed by atoms with Crippen molar-refractivity contribution in [2.75, 3.05) is 19.8 Å². The number of ether oxygens (including phenoxy) is 1. The second-order valence-electron chi connectivity index (χ2n) is 6.72. The highest BCUT2D eigenvalue weighted by atomic mass is 16.5. The van der Waals surface area contributed by atoms with Crippen LogP contribution in [0.2, 0.25) is 0 Å². The Hall–Kier alpha value is -0.860. The zero-order chi connectivity index (χ0) is 13.4. The predicted molar refractivity (Wildman–Crippen MR) is 73.9 cm³/mol. The summed E-state index contributed by atoms with van der Waals surface area (Å²) in [5.41, 5.74) is 4.18. The summed E-state index contributed by atoms with van der Waals surface area (Å²) in [6, 6.07) is 6.71. The van der Waals surface area contributed by atoms with E-state index in [1.807, 2.05) is 0 Å². The zero-order valence-corrected chi connectivity index (χ0v) is 11.9. The molecule has 18 heavy (non-hydrogen) atoms. The molecule has 0 radical (unpaired) electrons. The third kappa shape index (κ3) is 2.60. The zero-order valence-electron chi connectivity index (χ0n) is 11.9. The van der Waals surface area contributed by atoms with Crippen molar-refractivity contribution in [3.05, 3.63) is 34.9 Å². The van der Waals surface area contributed by atoms with Gasteiger partial charge in [0.2, 0.25) is 0 Å². The van der Waals surface area contributed by atoms with Crippen molar-refractivity contribution in [3.8, 4) is 0 Å². The topological polar surface area (TPSA) is 29.5 Å². The van der Waals surface area contributed by atoms with Crippen LogP contribution in [0.1, 0.15) is 37.5 Å². The van der Waals surface area contributed by atoms with Crippen LogP contribution in [0.5, 0.6) is 0 Å². The summed E-state index contributed by atoms with van der Waals surface area (Å²) in [5, 5.41) is 9.49. The monoisotopic (exact) mass is 248 g/mol. The van der Waals surface area contributed by atoms with Gasteiger partial charge in [0.15, 0.2) is 0 Å². The van der Waals surface area contributed by atoms with Gasteiger partial charge in [0, 0.05) is 5.41 Å². The molecule has 0 saturated carbocycles. The van der Waals surface area contributed by atoms with Crippen LogP contribution in [-0.2, 0) is 16.6 Å². The lowest BCUT2D eigenvalue weighted by molar-refractivity contribution is -0.136. The SMILES string of the molecule is Cc1cc(C(C)(C)C)ccc1CC1(CO)COC1. The van der Waals surface area contributed by atoms with Crippen LogP contribution in [0.3, 0.4) is 0 Å². The fourth-order valence-corrected chi connectivity index (χ4v) is 2.40. The highest BCUT2D eigenvalue weighted by molar-refractivity contribution is 5.35. The van der Waals surface area contributed by atoms with E-state index in [2.05, 4.69) is 45.9 Å². The number of aliphatic hydroxyl groups is 1. The molecule has 0 unspecified atom stereocenters. The maximum absolute atomic E-state index is 9.49. The number of rotatable bonds is 3. The average Bonchev–Trinajstić information content (AvgIpc) is 2.24. The maximum atomic E-state index is 9.49. The molecule has 2 heteroatoms. The van der Waals surface area contributed by atoms with Crippen LogP contribution in [0.25, 0.3) is 0 Å². The molecule has 0 aliphatic carbocycles. The third-order valence-electron chi connectivity index (χ3n) is 3.93. The van der Waals surface area contributed by atoms with E-state index in [1.165, 1.54) is 16.7 Å². The normalized spacial score (nSPS) is 18.5. The summed E-state index contributed by atoms with van der Waals surface area (Å²) in [7, 11) is 0. The third-order valence-corrected chi connectivity index (χ3v) is 3.93. The van der Waals surface area contributed by atoms with Crippen molar-refractivity contribution in [1.29, 1.82) is 0 Å². The van der Waals surface area contributed by atoms with Gasteiger partial charge in [-0.3, -0.25) is 0 Å². The number of hydrogen-bond acceptors (Lipinski definition) is 2. The molecule has 2 nitrogen and oxygen atoms in total. The van der Waals surface area contributed by atoms with E-state index in [1.54, 1.807) is 0 Å². The second kappa shape index (κ2) is 4.67. The molecular weight excluding hydrogens is 224 g/mol. The number of aryl methyl sites for hydroxylation is 1. The molecular formula is C16H24O2. The van der Waals surface area contributed by atoms with E-state index in [-0.39, 0.29) is 17.4 Å². The van der Waals surface area contributed by atoms with E-state index in [4.69, 9.17) is 4.74 Å². The van der Waals surface area contributed by atoms with Crippen molar-refractivity contribution < 1.29 is 9.84 Å². The second-order valence-corrected chi connectivity index (χ2v) is 6.72. The Morgan fingerprint density at radius 1 is 1.28 bits per heavy atom. The standard InChI is InChI=1S/C16H24O2/c1-12-7-14(15(2,3)4)6-5-13(12)8-16(9-17)10-18-11-16/h5-7,17H,8-11H2,1-4H3. The van der Waals surface area contributed by atoms with Crippen LogP contribution in [0, 0.1) is 12.3 Å². The van der Waals surface area contributed by atoms with Crippen molar-refractivity contribution >= 4 is 0 Å². The first-order chi connectivity index (χ1) is 8.36. The first-order valence-corrected chi connectivity index (χ1v) is 6.65. The molecule has 0 spiro atoms. The molecule has 1 N–H and O–H groups in total. The van der Waals surface area contributed by atoms with Gasteiger partial charge in [0.1, 0.15) is 0 Å². The largest absolute Gasteiger partial charge is 0.396 e. The van der Waals surface area contributed by atoms with Crippen LogP contribution in [0.4, 0.5) is 0 Å². The lowest BCUT2D eigenvalue weighted by Gasteiger charge is -2.40. The first kappa shape index (κ1) is 13.6. The quantitative estimate of drug-likeness (QED) is 0.891. The fraction of sp³-hybridized carbons (Fsp3) is 0.625. The van der Waals surface area contributed by atoms with Gasteiger partial charge in [-0.1, -0.05) is 39.0 Å². The summed E-state index contributed by atoms with van der Waals surface area (Å²) in [5.74, 6) is 0. The Morgan fingerprint density at radius 2 is 1.94 bits per heavy atom. The lowest BCUT2D eigenvalue weighted by atomic mass is 9.78. The van der Waals surface area contributed by atoms with Gasteiger partial charge in [-0.15, -0.1) is 0 Å². The maximum Gasteiger partial charge on any atom is 0.0570 e. The lowest BCUT2D eigenvalue weighted by Crippen LogP contribution is -2.47. The van der Waals surface area contributed by atoms with Crippen molar-refractivity contribution in [2.24, 2.45) is 5.41 Å². The minimum Gasteiger partial charge on any atom is -0.396 e. The van der Waals surface area contributed by atoms with Crippen LogP contribution >= 0.6 is 0 Å².